The first kappa shape index (κ1) is 13.7. The summed E-state index contributed by atoms with van der Waals surface area (Å²) < 4.78 is 0. The molecule has 3 heteroatoms. The molecule has 0 unspecified atom stereocenters. The van der Waals surface area contributed by atoms with Gasteiger partial charge in [-0.2, -0.15) is 0 Å². The van der Waals surface area contributed by atoms with E-state index in [0.29, 0.717) is 0 Å². The van der Waals surface area contributed by atoms with Gasteiger partial charge in [0.2, 0.25) is 0 Å². The summed E-state index contributed by atoms with van der Waals surface area (Å²) in [7, 11) is 0. The summed E-state index contributed by atoms with van der Waals surface area (Å²) in [5.41, 5.74) is 6.06. The van der Waals surface area contributed by atoms with Crippen molar-refractivity contribution in [2.45, 2.75) is 12.8 Å². The Morgan fingerprint density at radius 3 is 2.43 bits per heavy atom. The Labute approximate surface area is 135 Å². The van der Waals surface area contributed by atoms with E-state index in [9.17, 15) is 0 Å². The molecule has 23 heavy (non-hydrogen) atoms. The Morgan fingerprint density at radius 1 is 0.957 bits per heavy atom. The number of allylic oxidation sites excluding steroid dienone is 1. The fourth-order valence-corrected chi connectivity index (χ4v) is 2.90. The molecule has 0 aliphatic carbocycles. The van der Waals surface area contributed by atoms with Gasteiger partial charge in [0, 0.05) is 30.6 Å². The monoisotopic (exact) mass is 299 g/mol. The zero-order valence-electron chi connectivity index (χ0n) is 12.7. The summed E-state index contributed by atoms with van der Waals surface area (Å²) in [5.74, 6) is 0.909. The van der Waals surface area contributed by atoms with Gasteiger partial charge in [0.1, 0.15) is 5.82 Å². The molecule has 2 heterocycles. The van der Waals surface area contributed by atoms with Gasteiger partial charge in [0.25, 0.3) is 0 Å². The van der Waals surface area contributed by atoms with Crippen LogP contribution in [-0.4, -0.2) is 15.7 Å². The number of benzene rings is 2. The predicted octanol–water partition coefficient (Wildman–Crippen LogP) is 4.37. The third-order valence-electron chi connectivity index (χ3n) is 4.01. The van der Waals surface area contributed by atoms with Gasteiger partial charge in [-0.3, -0.25) is 4.99 Å². The number of nitrogens with one attached hydrogen (secondary N) is 1. The predicted molar refractivity (Wildman–Crippen MR) is 93.6 cm³/mol. The van der Waals surface area contributed by atoms with Crippen LogP contribution in [0.15, 0.2) is 78.2 Å². The molecule has 0 saturated heterocycles. The normalized spacial score (nSPS) is 13.3. The Bertz CT molecular complexity index is 873. The minimum absolute atomic E-state index is 0.906. The van der Waals surface area contributed by atoms with Crippen LogP contribution in [0.1, 0.15) is 23.1 Å². The summed E-state index contributed by atoms with van der Waals surface area (Å²) in [6, 6.07) is 17.2. The molecule has 3 nitrogen and oxygen atoms in total. The Balaban J connectivity index is 1.59. The van der Waals surface area contributed by atoms with Crippen molar-refractivity contribution in [2.75, 3.05) is 0 Å². The molecule has 0 spiro atoms. The van der Waals surface area contributed by atoms with Gasteiger partial charge in [-0.1, -0.05) is 42.5 Å². The largest absolute Gasteiger partial charge is 0.345 e. The van der Waals surface area contributed by atoms with Gasteiger partial charge < -0.3 is 4.98 Å². The van der Waals surface area contributed by atoms with E-state index in [-0.39, 0.29) is 0 Å². The first-order valence-electron chi connectivity index (χ1n) is 7.78. The molecule has 0 saturated carbocycles. The van der Waals surface area contributed by atoms with Gasteiger partial charge in [-0.15, -0.1) is 0 Å². The Hall–Kier alpha value is -2.94. The maximum absolute atomic E-state index is 4.43. The molecule has 0 amide bonds. The van der Waals surface area contributed by atoms with Crippen LogP contribution in [0.25, 0.3) is 11.4 Å². The number of imidazole rings is 1. The molecular weight excluding hydrogens is 282 g/mol. The number of H-pyrrole nitrogens is 1. The minimum Gasteiger partial charge on any atom is -0.345 e. The van der Waals surface area contributed by atoms with E-state index < -0.39 is 0 Å². The molecule has 3 aromatic rings. The average molecular weight is 299 g/mol. The minimum atomic E-state index is 0.906. The number of rotatable bonds is 4. The van der Waals surface area contributed by atoms with Crippen LogP contribution in [0.5, 0.6) is 0 Å². The summed E-state index contributed by atoms with van der Waals surface area (Å²) in [5, 5.41) is 0. The zero-order chi connectivity index (χ0) is 15.5. The van der Waals surface area contributed by atoms with Crippen LogP contribution in [0.4, 0.5) is 0 Å². The van der Waals surface area contributed by atoms with Crippen molar-refractivity contribution in [2.24, 2.45) is 4.99 Å². The van der Waals surface area contributed by atoms with Crippen molar-refractivity contribution < 1.29 is 0 Å². The fraction of sp³-hybridized carbons (Fsp3) is 0.100. The molecule has 1 N–H and O–H groups in total. The van der Waals surface area contributed by atoms with E-state index in [1.54, 1.807) is 6.20 Å². The van der Waals surface area contributed by atoms with Gasteiger partial charge in [-0.25, -0.2) is 4.98 Å². The summed E-state index contributed by atoms with van der Waals surface area (Å²) >= 11 is 0. The van der Waals surface area contributed by atoms with Crippen LogP contribution in [-0.2, 0) is 6.42 Å². The average Bonchev–Trinajstić information content (AvgIpc) is 3.29. The van der Waals surface area contributed by atoms with Crippen molar-refractivity contribution >= 4 is 5.71 Å². The van der Waals surface area contributed by atoms with Crippen LogP contribution < -0.4 is 0 Å². The molecule has 112 valence electrons. The second kappa shape index (κ2) is 6.05. The van der Waals surface area contributed by atoms with E-state index in [4.69, 9.17) is 0 Å². The number of aromatic nitrogens is 2. The molecule has 2 aromatic carbocycles. The van der Waals surface area contributed by atoms with Crippen LogP contribution in [0, 0.1) is 0 Å². The number of aliphatic imine (C=N–C) groups is 1. The van der Waals surface area contributed by atoms with E-state index in [2.05, 4.69) is 69.6 Å². The first-order valence-corrected chi connectivity index (χ1v) is 7.78. The second-order valence-corrected chi connectivity index (χ2v) is 5.68. The topological polar surface area (TPSA) is 41.0 Å². The highest BCUT2D eigenvalue weighted by molar-refractivity contribution is 6.03. The molecular formula is C20H17N3. The molecule has 0 fully saturated rings. The maximum atomic E-state index is 4.43. The maximum Gasteiger partial charge on any atom is 0.137 e. The molecule has 4 rings (SSSR count). The lowest BCUT2D eigenvalue weighted by Gasteiger charge is -2.07. The highest BCUT2D eigenvalue weighted by atomic mass is 14.9. The van der Waals surface area contributed by atoms with Crippen molar-refractivity contribution in [1.82, 2.24) is 9.97 Å². The molecule has 1 aliphatic heterocycles. The summed E-state index contributed by atoms with van der Waals surface area (Å²) in [4.78, 5) is 11.9. The highest BCUT2D eigenvalue weighted by Crippen LogP contribution is 2.20. The fourth-order valence-electron chi connectivity index (χ4n) is 2.90. The van der Waals surface area contributed by atoms with Gasteiger partial charge in [-0.05, 0) is 35.2 Å². The number of hydrogen-bond acceptors (Lipinski definition) is 2. The molecule has 0 bridgehead atoms. The number of hydrogen-bond donors (Lipinski definition) is 1. The van der Waals surface area contributed by atoms with Crippen molar-refractivity contribution in [1.29, 1.82) is 0 Å². The van der Waals surface area contributed by atoms with E-state index in [1.165, 1.54) is 16.7 Å². The van der Waals surface area contributed by atoms with Crippen LogP contribution >= 0.6 is 0 Å². The Morgan fingerprint density at radius 2 is 1.74 bits per heavy atom. The Kier molecular flexibility index (Phi) is 3.60. The third-order valence-corrected chi connectivity index (χ3v) is 4.01. The second-order valence-electron chi connectivity index (χ2n) is 5.68. The summed E-state index contributed by atoms with van der Waals surface area (Å²) in [6.07, 6.45) is 9.44. The zero-order valence-corrected chi connectivity index (χ0v) is 12.7. The SMILES string of the molecule is C1=CN=C(c2cccc(Cc3cccc(-c4ncc[nH]4)c3)c2)C1. The standard InChI is InChI=1S/C20H17N3/c1-4-15(13-17(6-1)19-8-3-9-21-19)12-16-5-2-7-18(14-16)20-22-10-11-23-20/h1-7,9-11,13-14H,8,12H2,(H,22,23). The molecule has 0 radical (unpaired) electrons. The first-order chi connectivity index (χ1) is 11.4. The highest BCUT2D eigenvalue weighted by Gasteiger charge is 2.07. The number of aromatic amines is 1. The third kappa shape index (κ3) is 2.99. The molecule has 1 aromatic heterocycles. The summed E-state index contributed by atoms with van der Waals surface area (Å²) in [6.45, 7) is 0. The lowest BCUT2D eigenvalue weighted by atomic mass is 9.99. The lowest BCUT2D eigenvalue weighted by molar-refractivity contribution is 1.18. The van der Waals surface area contributed by atoms with Gasteiger partial charge in [0.05, 0.1) is 5.71 Å². The van der Waals surface area contributed by atoms with Gasteiger partial charge in [0.15, 0.2) is 0 Å². The molecule has 0 atom stereocenters. The van der Waals surface area contributed by atoms with Crippen molar-refractivity contribution in [3.8, 4) is 11.4 Å². The van der Waals surface area contributed by atoms with Crippen molar-refractivity contribution in [3.63, 3.8) is 0 Å². The van der Waals surface area contributed by atoms with Gasteiger partial charge >= 0.3 is 0 Å². The van der Waals surface area contributed by atoms with Crippen LogP contribution in [0.3, 0.4) is 0 Å². The quantitative estimate of drug-likeness (QED) is 0.763. The lowest BCUT2D eigenvalue weighted by Crippen LogP contribution is -1.98. The smallest absolute Gasteiger partial charge is 0.137 e. The van der Waals surface area contributed by atoms with E-state index in [1.807, 2.05) is 12.4 Å². The number of nitrogens with zero attached hydrogens (tertiary/aromatic N) is 2. The van der Waals surface area contributed by atoms with E-state index >= 15 is 0 Å². The van der Waals surface area contributed by atoms with Crippen molar-refractivity contribution in [3.05, 3.63) is 89.9 Å². The van der Waals surface area contributed by atoms with E-state index in [0.717, 1.165) is 29.9 Å². The van der Waals surface area contributed by atoms with Crippen LogP contribution in [0.2, 0.25) is 0 Å². The molecule has 1 aliphatic rings.